The summed E-state index contributed by atoms with van der Waals surface area (Å²) in [6, 6.07) is 4.61. The molecule has 0 fully saturated rings. The van der Waals surface area contributed by atoms with E-state index in [0.29, 0.717) is 10.0 Å². The van der Waals surface area contributed by atoms with Crippen molar-refractivity contribution in [3.63, 3.8) is 0 Å². The standard InChI is InChI=1S/C9H8Cl2O3/c1-13-5-9(12)14-8-3-2-6(10)4-7(8)11/h2-4H,5H2,1H3. The van der Waals surface area contributed by atoms with Gasteiger partial charge in [0.1, 0.15) is 12.4 Å². The Labute approximate surface area is 91.5 Å². The second-order valence-electron chi connectivity index (χ2n) is 2.48. The van der Waals surface area contributed by atoms with Crippen molar-refractivity contribution in [2.24, 2.45) is 0 Å². The Morgan fingerprint density at radius 3 is 2.71 bits per heavy atom. The SMILES string of the molecule is COCC(=O)Oc1ccc(Cl)cc1Cl. The van der Waals surface area contributed by atoms with Gasteiger partial charge >= 0.3 is 5.97 Å². The van der Waals surface area contributed by atoms with E-state index in [1.54, 1.807) is 6.07 Å². The normalized spacial score (nSPS) is 9.93. The summed E-state index contributed by atoms with van der Waals surface area (Å²) in [5.41, 5.74) is 0. The fourth-order valence-electron chi connectivity index (χ4n) is 0.828. The Kier molecular flexibility index (Phi) is 4.20. The number of carbonyl (C=O) groups is 1. The Balaban J connectivity index is 2.72. The molecular weight excluding hydrogens is 227 g/mol. The van der Waals surface area contributed by atoms with Crippen molar-refractivity contribution in [3.8, 4) is 5.75 Å². The molecule has 0 bridgehead atoms. The van der Waals surface area contributed by atoms with Gasteiger partial charge in [0, 0.05) is 12.1 Å². The van der Waals surface area contributed by atoms with Gasteiger partial charge in [-0.05, 0) is 18.2 Å². The summed E-state index contributed by atoms with van der Waals surface area (Å²) >= 11 is 11.4. The van der Waals surface area contributed by atoms with Crippen LogP contribution in [0.15, 0.2) is 18.2 Å². The van der Waals surface area contributed by atoms with Crippen LogP contribution in [0.1, 0.15) is 0 Å². The minimum Gasteiger partial charge on any atom is -0.423 e. The molecule has 0 aliphatic rings. The Morgan fingerprint density at radius 2 is 2.14 bits per heavy atom. The fraction of sp³-hybridized carbons (Fsp3) is 0.222. The van der Waals surface area contributed by atoms with E-state index in [0.717, 1.165) is 0 Å². The van der Waals surface area contributed by atoms with Crippen molar-refractivity contribution in [3.05, 3.63) is 28.2 Å². The molecule has 0 spiro atoms. The van der Waals surface area contributed by atoms with Gasteiger partial charge in [-0.2, -0.15) is 0 Å². The molecule has 5 heteroatoms. The van der Waals surface area contributed by atoms with E-state index in [-0.39, 0.29) is 12.4 Å². The van der Waals surface area contributed by atoms with Gasteiger partial charge in [0.2, 0.25) is 0 Å². The van der Waals surface area contributed by atoms with Gasteiger partial charge < -0.3 is 9.47 Å². The van der Waals surface area contributed by atoms with Crippen LogP contribution in [0.4, 0.5) is 0 Å². The summed E-state index contributed by atoms with van der Waals surface area (Å²) in [6.45, 7) is -0.112. The number of benzene rings is 1. The molecule has 0 radical (unpaired) electrons. The molecule has 1 aromatic carbocycles. The lowest BCUT2D eigenvalue weighted by Crippen LogP contribution is -2.14. The molecule has 0 amide bonds. The van der Waals surface area contributed by atoms with E-state index in [4.69, 9.17) is 27.9 Å². The maximum Gasteiger partial charge on any atom is 0.337 e. The first kappa shape index (κ1) is 11.3. The summed E-state index contributed by atoms with van der Waals surface area (Å²) < 4.78 is 9.48. The molecule has 0 saturated carbocycles. The molecule has 0 unspecified atom stereocenters. The first-order valence-corrected chi connectivity index (χ1v) is 4.53. The van der Waals surface area contributed by atoms with Crippen molar-refractivity contribution in [1.29, 1.82) is 0 Å². The molecule has 1 rings (SSSR count). The highest BCUT2D eigenvalue weighted by atomic mass is 35.5. The average molecular weight is 235 g/mol. The molecule has 0 saturated heterocycles. The largest absolute Gasteiger partial charge is 0.423 e. The number of rotatable bonds is 3. The van der Waals surface area contributed by atoms with Crippen molar-refractivity contribution >= 4 is 29.2 Å². The summed E-state index contributed by atoms with van der Waals surface area (Å²) in [5, 5.41) is 0.781. The van der Waals surface area contributed by atoms with Gasteiger partial charge in [-0.25, -0.2) is 4.79 Å². The van der Waals surface area contributed by atoms with Crippen LogP contribution in [0.3, 0.4) is 0 Å². The lowest BCUT2D eigenvalue weighted by molar-refractivity contribution is -0.138. The Hall–Kier alpha value is -0.770. The number of methoxy groups -OCH3 is 1. The summed E-state index contributed by atoms with van der Waals surface area (Å²) in [4.78, 5) is 11.0. The first-order valence-electron chi connectivity index (χ1n) is 3.78. The quantitative estimate of drug-likeness (QED) is 0.596. The van der Waals surface area contributed by atoms with E-state index in [1.165, 1.54) is 19.2 Å². The molecule has 76 valence electrons. The molecule has 14 heavy (non-hydrogen) atoms. The third kappa shape index (κ3) is 3.18. The molecular formula is C9H8Cl2O3. The first-order chi connectivity index (χ1) is 6.63. The molecule has 0 heterocycles. The smallest absolute Gasteiger partial charge is 0.337 e. The van der Waals surface area contributed by atoms with E-state index in [1.807, 2.05) is 0 Å². The minimum absolute atomic E-state index is 0.112. The minimum atomic E-state index is -0.503. The van der Waals surface area contributed by atoms with Gasteiger partial charge in [-0.1, -0.05) is 23.2 Å². The van der Waals surface area contributed by atoms with Crippen LogP contribution in [0.25, 0.3) is 0 Å². The highest BCUT2D eigenvalue weighted by Crippen LogP contribution is 2.27. The number of hydrogen-bond donors (Lipinski definition) is 0. The zero-order chi connectivity index (χ0) is 10.6. The number of carbonyl (C=O) groups excluding carboxylic acids is 1. The number of esters is 1. The van der Waals surface area contributed by atoms with Gasteiger partial charge in [0.05, 0.1) is 5.02 Å². The predicted molar refractivity (Wildman–Crippen MR) is 54.0 cm³/mol. The lowest BCUT2D eigenvalue weighted by Gasteiger charge is -2.05. The van der Waals surface area contributed by atoms with Crippen LogP contribution < -0.4 is 4.74 Å². The third-order valence-corrected chi connectivity index (χ3v) is 1.91. The van der Waals surface area contributed by atoms with E-state index in [2.05, 4.69) is 4.74 Å². The third-order valence-electron chi connectivity index (χ3n) is 1.38. The van der Waals surface area contributed by atoms with Gasteiger partial charge in [-0.15, -0.1) is 0 Å². The zero-order valence-electron chi connectivity index (χ0n) is 7.42. The van der Waals surface area contributed by atoms with Crippen molar-refractivity contribution in [2.45, 2.75) is 0 Å². The molecule has 0 aliphatic heterocycles. The molecule has 1 aromatic rings. The van der Waals surface area contributed by atoms with Crippen LogP contribution in [0.5, 0.6) is 5.75 Å². The summed E-state index contributed by atoms with van der Waals surface area (Å²) in [5.74, 6) is -0.227. The second kappa shape index (κ2) is 5.20. The number of hydrogen-bond acceptors (Lipinski definition) is 3. The summed E-state index contributed by atoms with van der Waals surface area (Å²) in [6.07, 6.45) is 0. The lowest BCUT2D eigenvalue weighted by atomic mass is 10.3. The average Bonchev–Trinajstić information content (AvgIpc) is 2.10. The number of ether oxygens (including phenoxy) is 2. The summed E-state index contributed by atoms with van der Waals surface area (Å²) in [7, 11) is 1.41. The number of halogens is 2. The van der Waals surface area contributed by atoms with Crippen molar-refractivity contribution in [1.82, 2.24) is 0 Å². The van der Waals surface area contributed by atoms with Gasteiger partial charge in [0.15, 0.2) is 0 Å². The van der Waals surface area contributed by atoms with Crippen LogP contribution >= 0.6 is 23.2 Å². The van der Waals surface area contributed by atoms with E-state index < -0.39 is 5.97 Å². The molecule has 0 aromatic heterocycles. The van der Waals surface area contributed by atoms with Crippen LogP contribution in [0, 0.1) is 0 Å². The zero-order valence-corrected chi connectivity index (χ0v) is 8.93. The van der Waals surface area contributed by atoms with Crippen LogP contribution in [0.2, 0.25) is 10.0 Å². The monoisotopic (exact) mass is 234 g/mol. The molecule has 0 aliphatic carbocycles. The van der Waals surface area contributed by atoms with Crippen LogP contribution in [-0.2, 0) is 9.53 Å². The van der Waals surface area contributed by atoms with Crippen molar-refractivity contribution < 1.29 is 14.3 Å². The topological polar surface area (TPSA) is 35.5 Å². The predicted octanol–water partition coefficient (Wildman–Crippen LogP) is 2.55. The highest BCUT2D eigenvalue weighted by Gasteiger charge is 2.07. The molecule has 0 N–H and O–H groups in total. The van der Waals surface area contributed by atoms with E-state index in [9.17, 15) is 4.79 Å². The van der Waals surface area contributed by atoms with E-state index >= 15 is 0 Å². The fourth-order valence-corrected chi connectivity index (χ4v) is 1.28. The van der Waals surface area contributed by atoms with Crippen molar-refractivity contribution in [2.75, 3.05) is 13.7 Å². The Bertz CT molecular complexity index is 339. The molecule has 0 atom stereocenters. The van der Waals surface area contributed by atoms with Gasteiger partial charge in [0.25, 0.3) is 0 Å². The van der Waals surface area contributed by atoms with Gasteiger partial charge in [-0.3, -0.25) is 0 Å². The molecule has 3 nitrogen and oxygen atoms in total. The maximum atomic E-state index is 11.0. The maximum absolute atomic E-state index is 11.0. The van der Waals surface area contributed by atoms with Crippen LogP contribution in [-0.4, -0.2) is 19.7 Å². The second-order valence-corrected chi connectivity index (χ2v) is 3.33. The Morgan fingerprint density at radius 1 is 1.43 bits per heavy atom. The highest BCUT2D eigenvalue weighted by molar-refractivity contribution is 6.35.